The molecule has 0 aliphatic carbocycles. The minimum Gasteiger partial charge on any atom is -0.352 e. The van der Waals surface area contributed by atoms with Gasteiger partial charge in [0.15, 0.2) is 6.23 Å². The number of nitrogens with zero attached hydrogens (tertiary/aromatic N) is 1. The van der Waals surface area contributed by atoms with Crippen LogP contribution in [0.2, 0.25) is 0 Å². The van der Waals surface area contributed by atoms with Gasteiger partial charge < -0.3 is 9.64 Å². The minimum absolute atomic E-state index is 0.0769. The van der Waals surface area contributed by atoms with Gasteiger partial charge in [-0.05, 0) is 23.1 Å². The molecule has 2 aliphatic rings. The Labute approximate surface area is 130 Å². The van der Waals surface area contributed by atoms with E-state index in [1.54, 1.807) is 0 Å². The maximum atomic E-state index is 13.1. The summed E-state index contributed by atoms with van der Waals surface area (Å²) in [5.41, 5.74) is 3.96. The van der Waals surface area contributed by atoms with E-state index in [-0.39, 0.29) is 18.2 Å². The molecule has 0 saturated carbocycles. The number of carbonyl (C=O) groups excluding carboxylic acids is 1. The third-order valence-electron chi connectivity index (χ3n) is 4.71. The van der Waals surface area contributed by atoms with Crippen LogP contribution in [-0.4, -0.2) is 23.5 Å². The number of hydrogen-bond donors (Lipinski definition) is 0. The van der Waals surface area contributed by atoms with Crippen molar-refractivity contribution in [2.45, 2.75) is 26.1 Å². The van der Waals surface area contributed by atoms with Crippen LogP contribution in [0.5, 0.6) is 0 Å². The zero-order valence-corrected chi connectivity index (χ0v) is 12.8. The molecule has 2 aromatic carbocycles. The number of fused-ring (bicyclic) bond motifs is 5. The lowest BCUT2D eigenvalue weighted by Gasteiger charge is -2.29. The summed E-state index contributed by atoms with van der Waals surface area (Å²) in [6, 6.07) is 16.2. The summed E-state index contributed by atoms with van der Waals surface area (Å²) in [4.78, 5) is 15.1. The maximum absolute atomic E-state index is 13.1. The van der Waals surface area contributed by atoms with Gasteiger partial charge in [-0.1, -0.05) is 56.3 Å². The summed E-state index contributed by atoms with van der Waals surface area (Å²) in [5, 5.41) is 0. The zero-order chi connectivity index (χ0) is 15.3. The Morgan fingerprint density at radius 2 is 1.64 bits per heavy atom. The molecular formula is C19H19NO2. The standard InChI is InChI=1S/C19H19NO2/c1-12(2)17-11-22-19-16-10-6-4-8-14(16)13-7-3-5-9-15(13)18(21)20(17)19/h3-10,12,17,19H,11H2,1-2H3/t17-,19-/m1/s1. The van der Waals surface area contributed by atoms with Gasteiger partial charge in [-0.25, -0.2) is 0 Å². The lowest BCUT2D eigenvalue weighted by Crippen LogP contribution is -2.40. The summed E-state index contributed by atoms with van der Waals surface area (Å²) in [7, 11) is 0. The van der Waals surface area contributed by atoms with Gasteiger partial charge in [-0.3, -0.25) is 4.79 Å². The number of hydrogen-bond acceptors (Lipinski definition) is 2. The smallest absolute Gasteiger partial charge is 0.257 e. The van der Waals surface area contributed by atoms with Crippen molar-refractivity contribution in [1.29, 1.82) is 0 Å². The van der Waals surface area contributed by atoms with Gasteiger partial charge in [0.2, 0.25) is 0 Å². The average Bonchev–Trinajstić information content (AvgIpc) is 2.95. The highest BCUT2D eigenvalue weighted by atomic mass is 16.5. The Morgan fingerprint density at radius 1 is 1.00 bits per heavy atom. The third kappa shape index (κ3) is 1.82. The van der Waals surface area contributed by atoms with Crippen molar-refractivity contribution in [2.24, 2.45) is 5.92 Å². The van der Waals surface area contributed by atoms with Crippen molar-refractivity contribution in [2.75, 3.05) is 6.61 Å². The maximum Gasteiger partial charge on any atom is 0.257 e. The van der Waals surface area contributed by atoms with Crippen LogP contribution in [0, 0.1) is 5.92 Å². The zero-order valence-electron chi connectivity index (χ0n) is 12.8. The first kappa shape index (κ1) is 13.5. The molecule has 2 heterocycles. The molecule has 0 spiro atoms. The number of amides is 1. The van der Waals surface area contributed by atoms with E-state index < -0.39 is 0 Å². The van der Waals surface area contributed by atoms with Crippen molar-refractivity contribution in [3.8, 4) is 11.1 Å². The predicted octanol–water partition coefficient (Wildman–Crippen LogP) is 3.86. The first-order valence-corrected chi connectivity index (χ1v) is 7.81. The molecule has 112 valence electrons. The fourth-order valence-electron chi connectivity index (χ4n) is 3.54. The van der Waals surface area contributed by atoms with Crippen LogP contribution in [0.3, 0.4) is 0 Å². The fraction of sp³-hybridized carbons (Fsp3) is 0.316. The fourth-order valence-corrected chi connectivity index (χ4v) is 3.54. The predicted molar refractivity (Wildman–Crippen MR) is 85.4 cm³/mol. The molecule has 3 nitrogen and oxygen atoms in total. The molecule has 0 unspecified atom stereocenters. The molecule has 1 fully saturated rings. The number of rotatable bonds is 1. The summed E-state index contributed by atoms with van der Waals surface area (Å²) in [6.07, 6.45) is -0.275. The Morgan fingerprint density at radius 3 is 2.36 bits per heavy atom. The number of benzene rings is 2. The quantitative estimate of drug-likeness (QED) is 0.799. The Hall–Kier alpha value is -2.13. The van der Waals surface area contributed by atoms with Crippen molar-refractivity contribution in [1.82, 2.24) is 4.90 Å². The second-order valence-corrected chi connectivity index (χ2v) is 6.34. The highest BCUT2D eigenvalue weighted by Gasteiger charge is 2.43. The highest BCUT2D eigenvalue weighted by Crippen LogP contribution is 2.43. The van der Waals surface area contributed by atoms with E-state index in [0.29, 0.717) is 12.5 Å². The molecule has 4 rings (SSSR count). The van der Waals surface area contributed by atoms with Crippen molar-refractivity contribution >= 4 is 5.91 Å². The molecular weight excluding hydrogens is 274 g/mol. The van der Waals surface area contributed by atoms with Crippen LogP contribution in [0.4, 0.5) is 0 Å². The van der Waals surface area contributed by atoms with Crippen LogP contribution >= 0.6 is 0 Å². The van der Waals surface area contributed by atoms with Gasteiger partial charge in [0.05, 0.1) is 12.6 Å². The van der Waals surface area contributed by atoms with Crippen LogP contribution in [0.1, 0.15) is 36.0 Å². The average molecular weight is 293 g/mol. The van der Waals surface area contributed by atoms with Crippen LogP contribution in [0.25, 0.3) is 11.1 Å². The van der Waals surface area contributed by atoms with Gasteiger partial charge in [-0.15, -0.1) is 0 Å². The molecule has 2 aliphatic heterocycles. The van der Waals surface area contributed by atoms with Crippen molar-refractivity contribution < 1.29 is 9.53 Å². The highest BCUT2D eigenvalue weighted by molar-refractivity contribution is 6.03. The lowest BCUT2D eigenvalue weighted by atomic mass is 9.96. The summed E-state index contributed by atoms with van der Waals surface area (Å²) < 4.78 is 6.04. The largest absolute Gasteiger partial charge is 0.352 e. The SMILES string of the molecule is CC(C)[C@H]1CO[C@@H]2c3ccccc3-c3ccccc3C(=O)N21. The van der Waals surface area contributed by atoms with Crippen LogP contribution < -0.4 is 0 Å². The molecule has 1 saturated heterocycles. The number of ether oxygens (including phenoxy) is 1. The molecule has 2 atom stereocenters. The van der Waals surface area contributed by atoms with Gasteiger partial charge in [0, 0.05) is 11.1 Å². The van der Waals surface area contributed by atoms with E-state index in [0.717, 1.165) is 22.3 Å². The van der Waals surface area contributed by atoms with Crippen molar-refractivity contribution in [3.05, 3.63) is 59.7 Å². The second kappa shape index (κ2) is 4.96. The first-order chi connectivity index (χ1) is 10.7. The Kier molecular flexibility index (Phi) is 3.05. The normalized spacial score (nSPS) is 23.0. The summed E-state index contributed by atoms with van der Waals surface area (Å²) in [5.74, 6) is 0.444. The van der Waals surface area contributed by atoms with E-state index in [1.165, 1.54) is 0 Å². The van der Waals surface area contributed by atoms with E-state index in [1.807, 2.05) is 41.3 Å². The Balaban J connectivity index is 1.98. The van der Waals surface area contributed by atoms with E-state index >= 15 is 0 Å². The van der Waals surface area contributed by atoms with E-state index in [4.69, 9.17) is 4.74 Å². The first-order valence-electron chi connectivity index (χ1n) is 7.81. The second-order valence-electron chi connectivity index (χ2n) is 6.34. The number of carbonyl (C=O) groups is 1. The third-order valence-corrected chi connectivity index (χ3v) is 4.71. The van der Waals surface area contributed by atoms with Crippen LogP contribution in [0.15, 0.2) is 48.5 Å². The van der Waals surface area contributed by atoms with Gasteiger partial charge in [-0.2, -0.15) is 0 Å². The molecule has 22 heavy (non-hydrogen) atoms. The molecule has 0 bridgehead atoms. The van der Waals surface area contributed by atoms with E-state index in [9.17, 15) is 4.79 Å². The van der Waals surface area contributed by atoms with Gasteiger partial charge in [0.25, 0.3) is 5.91 Å². The Bertz CT molecular complexity index is 738. The summed E-state index contributed by atoms with van der Waals surface area (Å²) >= 11 is 0. The van der Waals surface area contributed by atoms with Crippen LogP contribution in [-0.2, 0) is 4.74 Å². The minimum atomic E-state index is -0.275. The molecule has 2 aromatic rings. The molecule has 0 radical (unpaired) electrons. The van der Waals surface area contributed by atoms with Crippen molar-refractivity contribution in [3.63, 3.8) is 0 Å². The topological polar surface area (TPSA) is 29.5 Å². The van der Waals surface area contributed by atoms with Gasteiger partial charge in [0.1, 0.15) is 0 Å². The summed E-state index contributed by atoms with van der Waals surface area (Å²) in [6.45, 7) is 4.89. The lowest BCUT2D eigenvalue weighted by molar-refractivity contribution is 0.0241. The van der Waals surface area contributed by atoms with Gasteiger partial charge >= 0.3 is 0 Å². The molecule has 0 aromatic heterocycles. The van der Waals surface area contributed by atoms with E-state index in [2.05, 4.69) is 26.0 Å². The molecule has 1 amide bonds. The monoisotopic (exact) mass is 293 g/mol. The molecule has 3 heteroatoms. The molecule has 0 N–H and O–H groups in total.